The predicted molar refractivity (Wildman–Crippen MR) is 146 cm³/mol. The van der Waals surface area contributed by atoms with Crippen LogP contribution in [0, 0.1) is 0 Å². The van der Waals surface area contributed by atoms with Crippen LogP contribution in [0.15, 0.2) is 54.6 Å². The van der Waals surface area contributed by atoms with E-state index in [1.165, 1.54) is 24.1 Å². The van der Waals surface area contributed by atoms with Crippen molar-refractivity contribution < 1.29 is 33.8 Å². The van der Waals surface area contributed by atoms with Gasteiger partial charge in [-0.3, -0.25) is 14.4 Å². The molecule has 0 aliphatic rings. The molecule has 2 rings (SSSR count). The first-order valence-corrected chi connectivity index (χ1v) is 12.6. The van der Waals surface area contributed by atoms with Crippen LogP contribution in [-0.4, -0.2) is 64.7 Å². The highest BCUT2D eigenvalue weighted by Crippen LogP contribution is 2.30. The van der Waals surface area contributed by atoms with Gasteiger partial charge in [-0.05, 0) is 64.8 Å². The summed E-state index contributed by atoms with van der Waals surface area (Å²) < 4.78 is 10.1. The summed E-state index contributed by atoms with van der Waals surface area (Å²) in [4.78, 5) is 53.8. The highest BCUT2D eigenvalue weighted by Gasteiger charge is 2.42. The molecule has 0 aliphatic carbocycles. The lowest BCUT2D eigenvalue weighted by molar-refractivity contribution is -0.149. The Balaban J connectivity index is 2.56. The van der Waals surface area contributed by atoms with E-state index < -0.39 is 47.1 Å². The van der Waals surface area contributed by atoms with Gasteiger partial charge in [0.15, 0.2) is 0 Å². The number of aromatic hydroxyl groups is 1. The fourth-order valence-electron chi connectivity index (χ4n) is 3.91. The monoisotopic (exact) mass is 541 g/mol. The number of phenols is 1. The van der Waals surface area contributed by atoms with Gasteiger partial charge in [-0.1, -0.05) is 42.5 Å². The number of amides is 3. The van der Waals surface area contributed by atoms with Gasteiger partial charge in [0.2, 0.25) is 11.8 Å². The molecule has 212 valence electrons. The summed E-state index contributed by atoms with van der Waals surface area (Å²) in [5.74, 6) is -1.70. The molecule has 0 spiro atoms. The van der Waals surface area contributed by atoms with Crippen molar-refractivity contribution in [3.8, 4) is 5.75 Å². The lowest BCUT2D eigenvalue weighted by atomic mass is 9.94. The average Bonchev–Trinajstić information content (AvgIpc) is 2.84. The van der Waals surface area contributed by atoms with Crippen LogP contribution in [0.25, 0.3) is 0 Å². The molecule has 10 heteroatoms. The van der Waals surface area contributed by atoms with Gasteiger partial charge in [0.25, 0.3) is 0 Å². The van der Waals surface area contributed by atoms with Crippen molar-refractivity contribution >= 4 is 23.9 Å². The topological polar surface area (TPSA) is 134 Å². The van der Waals surface area contributed by atoms with Crippen LogP contribution in [0.4, 0.5) is 4.79 Å². The molecular formula is C29H39N3O7. The maximum atomic E-state index is 14.3. The van der Waals surface area contributed by atoms with Crippen LogP contribution < -0.4 is 10.6 Å². The highest BCUT2D eigenvalue weighted by molar-refractivity contribution is 5.93. The maximum Gasteiger partial charge on any atom is 0.408 e. The molecule has 0 radical (unpaired) electrons. The van der Waals surface area contributed by atoms with E-state index in [0.717, 1.165) is 0 Å². The Labute approximate surface area is 229 Å². The number of phenolic OH excluding ortho intramolecular Hbond substituents is 1. The Morgan fingerprint density at radius 2 is 1.51 bits per heavy atom. The normalized spacial score (nSPS) is 13.0. The van der Waals surface area contributed by atoms with Crippen LogP contribution in [0.1, 0.15) is 58.7 Å². The molecule has 2 aromatic rings. The van der Waals surface area contributed by atoms with E-state index in [-0.39, 0.29) is 18.7 Å². The quantitative estimate of drug-likeness (QED) is 0.414. The summed E-state index contributed by atoms with van der Waals surface area (Å²) in [6.07, 6.45) is -0.726. The summed E-state index contributed by atoms with van der Waals surface area (Å²) in [6.45, 7) is 10.1. The van der Waals surface area contributed by atoms with E-state index >= 15 is 0 Å². The van der Waals surface area contributed by atoms with Gasteiger partial charge in [0, 0.05) is 12.0 Å². The second-order valence-corrected chi connectivity index (χ2v) is 11.1. The summed E-state index contributed by atoms with van der Waals surface area (Å²) in [7, 11) is 1.21. The number of alkyl carbamates (subject to hydrolysis) is 1. The minimum Gasteiger partial charge on any atom is -0.508 e. The summed E-state index contributed by atoms with van der Waals surface area (Å²) >= 11 is 0. The number of hydrogen-bond acceptors (Lipinski definition) is 7. The molecular weight excluding hydrogens is 502 g/mol. The van der Waals surface area contributed by atoms with Crippen molar-refractivity contribution in [1.82, 2.24) is 15.5 Å². The van der Waals surface area contributed by atoms with Gasteiger partial charge in [0.1, 0.15) is 30.0 Å². The number of benzene rings is 2. The molecule has 0 fully saturated rings. The van der Waals surface area contributed by atoms with Gasteiger partial charge in [-0.15, -0.1) is 0 Å². The smallest absolute Gasteiger partial charge is 0.408 e. The molecule has 39 heavy (non-hydrogen) atoms. The van der Waals surface area contributed by atoms with Crippen LogP contribution in [-0.2, 0) is 30.3 Å². The van der Waals surface area contributed by atoms with Gasteiger partial charge in [-0.2, -0.15) is 0 Å². The molecule has 3 N–H and O–H groups in total. The first-order valence-electron chi connectivity index (χ1n) is 12.6. The summed E-state index contributed by atoms with van der Waals surface area (Å²) in [5, 5.41) is 14.9. The van der Waals surface area contributed by atoms with E-state index in [4.69, 9.17) is 4.74 Å². The molecule has 10 nitrogen and oxygen atoms in total. The Kier molecular flexibility index (Phi) is 10.5. The standard InChI is InChI=1S/C29H39N3O7/c1-28(2,3)32(24(20-11-9-8-10-12-20)25(35)30-18-23(34)38-7)26(36)22(31-27(37)39-29(4,5)6)17-19-13-15-21(33)16-14-19/h8-16,22,24,33H,17-18H2,1-7H3,(H,30,35)(H,31,37). The lowest BCUT2D eigenvalue weighted by Crippen LogP contribution is -2.59. The van der Waals surface area contributed by atoms with Crippen LogP contribution >= 0.6 is 0 Å². The van der Waals surface area contributed by atoms with E-state index in [1.54, 1.807) is 84.0 Å². The number of ether oxygens (including phenoxy) is 2. The van der Waals surface area contributed by atoms with Crippen LogP contribution in [0.5, 0.6) is 5.75 Å². The van der Waals surface area contributed by atoms with Crippen molar-refractivity contribution in [2.24, 2.45) is 0 Å². The fraction of sp³-hybridized carbons (Fsp3) is 0.448. The van der Waals surface area contributed by atoms with Crippen molar-refractivity contribution in [1.29, 1.82) is 0 Å². The van der Waals surface area contributed by atoms with Crippen molar-refractivity contribution in [2.75, 3.05) is 13.7 Å². The lowest BCUT2D eigenvalue weighted by Gasteiger charge is -2.43. The average molecular weight is 542 g/mol. The molecule has 2 aromatic carbocycles. The number of carbonyl (C=O) groups is 4. The third-order valence-corrected chi connectivity index (χ3v) is 5.58. The number of nitrogens with zero attached hydrogens (tertiary/aromatic N) is 1. The predicted octanol–water partition coefficient (Wildman–Crippen LogP) is 3.49. The van der Waals surface area contributed by atoms with E-state index in [1.807, 2.05) is 0 Å². The number of methoxy groups -OCH3 is 1. The molecule has 0 aliphatic heterocycles. The zero-order valence-corrected chi connectivity index (χ0v) is 23.6. The Morgan fingerprint density at radius 3 is 2.03 bits per heavy atom. The molecule has 0 bridgehead atoms. The zero-order valence-electron chi connectivity index (χ0n) is 23.6. The van der Waals surface area contributed by atoms with Crippen LogP contribution in [0.2, 0.25) is 0 Å². The number of carbonyl (C=O) groups excluding carboxylic acids is 4. The van der Waals surface area contributed by atoms with Gasteiger partial charge >= 0.3 is 12.1 Å². The Morgan fingerprint density at radius 1 is 0.923 bits per heavy atom. The molecule has 0 saturated carbocycles. The second-order valence-electron chi connectivity index (χ2n) is 11.1. The number of nitrogens with one attached hydrogen (secondary N) is 2. The third-order valence-electron chi connectivity index (χ3n) is 5.58. The Bertz CT molecular complexity index is 1140. The van der Waals surface area contributed by atoms with E-state index in [0.29, 0.717) is 11.1 Å². The molecule has 2 unspecified atom stereocenters. The zero-order chi connectivity index (χ0) is 29.4. The molecule has 0 saturated heterocycles. The molecule has 2 atom stereocenters. The van der Waals surface area contributed by atoms with Gasteiger partial charge < -0.3 is 30.1 Å². The first kappa shape index (κ1) is 31.1. The van der Waals surface area contributed by atoms with Gasteiger partial charge in [0.05, 0.1) is 7.11 Å². The minimum atomic E-state index is -1.13. The van der Waals surface area contributed by atoms with Crippen molar-refractivity contribution in [2.45, 2.75) is 71.2 Å². The van der Waals surface area contributed by atoms with E-state index in [9.17, 15) is 24.3 Å². The van der Waals surface area contributed by atoms with E-state index in [2.05, 4.69) is 15.4 Å². The largest absolute Gasteiger partial charge is 0.508 e. The SMILES string of the molecule is COC(=O)CNC(=O)C(c1ccccc1)N(C(=O)C(Cc1ccc(O)cc1)NC(=O)OC(C)(C)C)C(C)(C)C. The maximum absolute atomic E-state index is 14.3. The minimum absolute atomic E-state index is 0.0597. The molecule has 0 aromatic heterocycles. The second kappa shape index (κ2) is 13.1. The van der Waals surface area contributed by atoms with Crippen molar-refractivity contribution in [3.63, 3.8) is 0 Å². The first-order chi connectivity index (χ1) is 18.1. The number of esters is 1. The van der Waals surface area contributed by atoms with Gasteiger partial charge in [-0.25, -0.2) is 4.79 Å². The summed E-state index contributed by atoms with van der Waals surface area (Å²) in [6, 6.07) is 12.7. The number of hydrogen-bond donors (Lipinski definition) is 3. The van der Waals surface area contributed by atoms with Crippen molar-refractivity contribution in [3.05, 3.63) is 65.7 Å². The number of rotatable bonds is 9. The Hall–Kier alpha value is -4.08. The molecule has 3 amide bonds. The fourth-order valence-corrected chi connectivity index (χ4v) is 3.91. The highest BCUT2D eigenvalue weighted by atomic mass is 16.6. The summed E-state index contributed by atoms with van der Waals surface area (Å²) in [5.41, 5.74) is -0.519. The van der Waals surface area contributed by atoms with Crippen LogP contribution in [0.3, 0.4) is 0 Å². The molecule has 0 heterocycles. The third kappa shape index (κ3) is 9.63.